The van der Waals surface area contributed by atoms with E-state index in [-0.39, 0.29) is 11.6 Å². The Bertz CT molecular complexity index is 549. The van der Waals surface area contributed by atoms with Crippen LogP contribution in [0.25, 0.3) is 0 Å². The van der Waals surface area contributed by atoms with E-state index in [9.17, 15) is 4.79 Å². The van der Waals surface area contributed by atoms with Gasteiger partial charge in [-0.25, -0.2) is 0 Å². The highest BCUT2D eigenvalue weighted by Crippen LogP contribution is 2.08. The van der Waals surface area contributed by atoms with Crippen LogP contribution in [0.1, 0.15) is 23.1 Å². The molecule has 1 amide bonds. The molecule has 0 aliphatic carbocycles. The summed E-state index contributed by atoms with van der Waals surface area (Å²) >= 11 is 0. The van der Waals surface area contributed by atoms with Crippen LogP contribution in [0.4, 0.5) is 5.69 Å². The number of hydrogen-bond donors (Lipinski definition) is 2. The molecule has 0 aromatic carbocycles. The molecule has 0 radical (unpaired) electrons. The summed E-state index contributed by atoms with van der Waals surface area (Å²) < 4.78 is 1.64. The van der Waals surface area contributed by atoms with Gasteiger partial charge in [0.1, 0.15) is 0 Å². The first-order chi connectivity index (χ1) is 9.20. The van der Waals surface area contributed by atoms with Crippen LogP contribution in [0.2, 0.25) is 0 Å². The van der Waals surface area contributed by atoms with E-state index in [0.717, 1.165) is 5.69 Å². The summed E-state index contributed by atoms with van der Waals surface area (Å²) in [6.07, 6.45) is 4.08. The summed E-state index contributed by atoms with van der Waals surface area (Å²) in [6, 6.07) is 5.71. The van der Waals surface area contributed by atoms with Crippen molar-refractivity contribution >= 4 is 11.6 Å². The molecule has 0 fully saturated rings. The van der Waals surface area contributed by atoms with Crippen molar-refractivity contribution in [3.8, 4) is 0 Å². The summed E-state index contributed by atoms with van der Waals surface area (Å²) in [5, 5.41) is 6.91. The molecule has 2 aromatic heterocycles. The van der Waals surface area contributed by atoms with Gasteiger partial charge in [-0.15, -0.1) is 0 Å². The van der Waals surface area contributed by atoms with Gasteiger partial charge < -0.3 is 11.1 Å². The number of nitrogens with two attached hydrogens (primary N) is 1. The Labute approximate surface area is 111 Å². The molecule has 0 saturated carbocycles. The van der Waals surface area contributed by atoms with Gasteiger partial charge in [0.25, 0.3) is 5.91 Å². The average molecular weight is 259 g/mol. The second-order valence-corrected chi connectivity index (χ2v) is 4.12. The van der Waals surface area contributed by atoms with Gasteiger partial charge in [0.05, 0.1) is 5.69 Å². The van der Waals surface area contributed by atoms with Crippen molar-refractivity contribution in [1.29, 1.82) is 0 Å². The summed E-state index contributed by atoms with van der Waals surface area (Å²) in [5.41, 5.74) is 7.36. The van der Waals surface area contributed by atoms with Gasteiger partial charge in [-0.3, -0.25) is 14.5 Å². The fraction of sp³-hybridized carbons (Fsp3) is 0.308. The third-order valence-corrected chi connectivity index (χ3v) is 2.72. The minimum atomic E-state index is -0.249. The molecule has 2 aromatic rings. The van der Waals surface area contributed by atoms with Crippen LogP contribution in [0.15, 0.2) is 30.6 Å². The van der Waals surface area contributed by atoms with E-state index >= 15 is 0 Å². The van der Waals surface area contributed by atoms with Gasteiger partial charge in [-0.2, -0.15) is 5.10 Å². The van der Waals surface area contributed by atoms with Crippen LogP contribution in [0.3, 0.4) is 0 Å². The molecule has 0 bridgehead atoms. The smallest absolute Gasteiger partial charge is 0.273 e. The number of rotatable bonds is 5. The summed E-state index contributed by atoms with van der Waals surface area (Å²) in [7, 11) is 0. The SMILES string of the molecule is CCn1cc(N)c(C(=O)NCCc2ccccn2)n1. The van der Waals surface area contributed by atoms with Crippen molar-refractivity contribution < 1.29 is 4.79 Å². The Morgan fingerprint density at radius 1 is 1.47 bits per heavy atom. The molecule has 6 nitrogen and oxygen atoms in total. The first-order valence-electron chi connectivity index (χ1n) is 6.21. The fourth-order valence-electron chi connectivity index (χ4n) is 1.71. The maximum atomic E-state index is 11.9. The summed E-state index contributed by atoms with van der Waals surface area (Å²) in [4.78, 5) is 16.1. The second kappa shape index (κ2) is 5.99. The highest BCUT2D eigenvalue weighted by atomic mass is 16.1. The van der Waals surface area contributed by atoms with E-state index in [1.807, 2.05) is 25.1 Å². The largest absolute Gasteiger partial charge is 0.396 e. The lowest BCUT2D eigenvalue weighted by molar-refractivity contribution is 0.0949. The van der Waals surface area contributed by atoms with Crippen LogP contribution in [-0.2, 0) is 13.0 Å². The Hall–Kier alpha value is -2.37. The second-order valence-electron chi connectivity index (χ2n) is 4.12. The Morgan fingerprint density at radius 3 is 2.95 bits per heavy atom. The number of aromatic nitrogens is 3. The Morgan fingerprint density at radius 2 is 2.32 bits per heavy atom. The van der Waals surface area contributed by atoms with Crippen LogP contribution in [0, 0.1) is 0 Å². The van der Waals surface area contributed by atoms with Gasteiger partial charge in [-0.05, 0) is 19.1 Å². The predicted octanol–water partition coefficient (Wildman–Crippen LogP) is 0.853. The predicted molar refractivity (Wildman–Crippen MR) is 72.6 cm³/mol. The topological polar surface area (TPSA) is 85.8 Å². The first-order valence-corrected chi connectivity index (χ1v) is 6.21. The van der Waals surface area contributed by atoms with E-state index in [1.165, 1.54) is 0 Å². The maximum Gasteiger partial charge on any atom is 0.273 e. The molecule has 0 saturated heterocycles. The zero-order valence-corrected chi connectivity index (χ0v) is 10.8. The van der Waals surface area contributed by atoms with E-state index in [2.05, 4.69) is 15.4 Å². The quantitative estimate of drug-likeness (QED) is 0.833. The van der Waals surface area contributed by atoms with Crippen LogP contribution in [0.5, 0.6) is 0 Å². The van der Waals surface area contributed by atoms with E-state index < -0.39 is 0 Å². The Balaban J connectivity index is 1.89. The maximum absolute atomic E-state index is 11.9. The zero-order chi connectivity index (χ0) is 13.7. The molecular weight excluding hydrogens is 242 g/mol. The Kier molecular flexibility index (Phi) is 4.12. The van der Waals surface area contributed by atoms with E-state index in [0.29, 0.717) is 25.2 Å². The summed E-state index contributed by atoms with van der Waals surface area (Å²) in [6.45, 7) is 3.13. The molecule has 0 spiro atoms. The standard InChI is InChI=1S/C13H17N5O/c1-2-18-9-11(14)12(17-18)13(19)16-8-6-10-5-3-4-7-15-10/h3-5,7,9H,2,6,8,14H2,1H3,(H,16,19). The van der Waals surface area contributed by atoms with Crippen molar-refractivity contribution in [2.75, 3.05) is 12.3 Å². The van der Waals surface area contributed by atoms with Crippen molar-refractivity contribution in [2.45, 2.75) is 19.9 Å². The molecule has 2 heterocycles. The third kappa shape index (κ3) is 3.31. The first kappa shape index (κ1) is 13.1. The van der Waals surface area contributed by atoms with Gasteiger partial charge >= 0.3 is 0 Å². The lowest BCUT2D eigenvalue weighted by Crippen LogP contribution is -2.27. The highest BCUT2D eigenvalue weighted by Gasteiger charge is 2.13. The molecule has 2 rings (SSSR count). The number of nitrogen functional groups attached to an aromatic ring is 1. The number of carbonyl (C=O) groups is 1. The minimum absolute atomic E-state index is 0.249. The molecule has 3 N–H and O–H groups in total. The lowest BCUT2D eigenvalue weighted by Gasteiger charge is -2.03. The zero-order valence-electron chi connectivity index (χ0n) is 10.8. The molecule has 0 aliphatic heterocycles. The number of aryl methyl sites for hydroxylation is 1. The molecule has 0 atom stereocenters. The van der Waals surface area contributed by atoms with Crippen LogP contribution >= 0.6 is 0 Å². The highest BCUT2D eigenvalue weighted by molar-refractivity contribution is 5.96. The fourth-order valence-corrected chi connectivity index (χ4v) is 1.71. The minimum Gasteiger partial charge on any atom is -0.396 e. The van der Waals surface area contributed by atoms with E-state index in [4.69, 9.17) is 5.73 Å². The number of anilines is 1. The molecule has 6 heteroatoms. The molecule has 0 unspecified atom stereocenters. The van der Waals surface area contributed by atoms with Crippen LogP contribution < -0.4 is 11.1 Å². The van der Waals surface area contributed by atoms with Crippen molar-refractivity contribution in [2.24, 2.45) is 0 Å². The van der Waals surface area contributed by atoms with Crippen molar-refractivity contribution in [3.05, 3.63) is 42.0 Å². The molecule has 100 valence electrons. The normalized spacial score (nSPS) is 10.4. The number of amides is 1. The van der Waals surface area contributed by atoms with Gasteiger partial charge in [-0.1, -0.05) is 6.07 Å². The number of hydrogen-bond acceptors (Lipinski definition) is 4. The monoisotopic (exact) mass is 259 g/mol. The van der Waals surface area contributed by atoms with Crippen molar-refractivity contribution in [1.82, 2.24) is 20.1 Å². The van der Waals surface area contributed by atoms with Crippen molar-refractivity contribution in [3.63, 3.8) is 0 Å². The molecule has 19 heavy (non-hydrogen) atoms. The number of nitrogens with one attached hydrogen (secondary N) is 1. The average Bonchev–Trinajstić information content (AvgIpc) is 2.81. The number of carbonyl (C=O) groups excluding carboxylic acids is 1. The molecular formula is C13H17N5O. The molecule has 0 aliphatic rings. The van der Waals surface area contributed by atoms with Gasteiger partial charge in [0.2, 0.25) is 0 Å². The van der Waals surface area contributed by atoms with E-state index in [1.54, 1.807) is 17.1 Å². The lowest BCUT2D eigenvalue weighted by atomic mass is 10.2. The number of pyridine rings is 1. The van der Waals surface area contributed by atoms with Gasteiger partial charge in [0, 0.05) is 37.6 Å². The third-order valence-electron chi connectivity index (χ3n) is 2.72. The van der Waals surface area contributed by atoms with Gasteiger partial charge in [0.15, 0.2) is 5.69 Å². The number of nitrogens with zero attached hydrogens (tertiary/aromatic N) is 3. The van der Waals surface area contributed by atoms with Crippen LogP contribution in [-0.4, -0.2) is 27.2 Å². The summed E-state index contributed by atoms with van der Waals surface area (Å²) in [5.74, 6) is -0.249.